The maximum Gasteiger partial charge on any atom is 0.316 e. The van der Waals surface area contributed by atoms with Crippen LogP contribution in [0.25, 0.3) is 5.70 Å². The highest BCUT2D eigenvalue weighted by molar-refractivity contribution is 6.37. The van der Waals surface area contributed by atoms with Crippen molar-refractivity contribution in [2.75, 3.05) is 6.54 Å². The lowest BCUT2D eigenvalue weighted by Gasteiger charge is -2.38. The molecular formula is C35H48N6O6. The van der Waals surface area contributed by atoms with Gasteiger partial charge in [-0.2, -0.15) is 0 Å². The van der Waals surface area contributed by atoms with Gasteiger partial charge in [-0.05, 0) is 53.1 Å². The van der Waals surface area contributed by atoms with Crippen molar-refractivity contribution in [3.05, 3.63) is 54.6 Å². The highest BCUT2D eigenvalue weighted by Crippen LogP contribution is 2.65. The summed E-state index contributed by atoms with van der Waals surface area (Å²) in [5.74, 6) is -3.42. The maximum absolute atomic E-state index is 14.2. The van der Waals surface area contributed by atoms with Crippen molar-refractivity contribution in [3.8, 4) is 0 Å². The van der Waals surface area contributed by atoms with Crippen LogP contribution in [0.5, 0.6) is 0 Å². The number of nitrogens with one attached hydrogen (secondary N) is 4. The molecule has 12 heteroatoms. The largest absolute Gasteiger partial charge is 0.363 e. The van der Waals surface area contributed by atoms with Gasteiger partial charge in [0.05, 0.1) is 6.04 Å². The van der Waals surface area contributed by atoms with Crippen LogP contribution in [-0.4, -0.2) is 71.1 Å². The molecule has 2 saturated carbocycles. The first kappa shape index (κ1) is 35.4. The molecular weight excluding hydrogens is 600 g/mol. The Labute approximate surface area is 276 Å². The molecule has 0 aromatic heterocycles. The van der Waals surface area contributed by atoms with Gasteiger partial charge in [0.1, 0.15) is 18.1 Å². The summed E-state index contributed by atoms with van der Waals surface area (Å²) in [4.78, 5) is 80.4. The highest BCUT2D eigenvalue weighted by Gasteiger charge is 2.70. The molecule has 0 bridgehead atoms. The number of carbonyl (C=O) groups is 6. The van der Waals surface area contributed by atoms with Crippen LogP contribution in [0.4, 0.5) is 4.79 Å². The summed E-state index contributed by atoms with van der Waals surface area (Å²) in [5, 5.41) is 10.8. The Balaban J connectivity index is 1.49. The van der Waals surface area contributed by atoms with Crippen LogP contribution < -0.4 is 27.0 Å². The zero-order valence-corrected chi connectivity index (χ0v) is 28.1. The molecule has 3 aliphatic rings. The third kappa shape index (κ3) is 7.91. The number of urea groups is 1. The van der Waals surface area contributed by atoms with Gasteiger partial charge in [0.2, 0.25) is 17.6 Å². The normalized spacial score (nSPS) is 22.9. The number of primary amides is 1. The van der Waals surface area contributed by atoms with Gasteiger partial charge in [0.15, 0.2) is 0 Å². The van der Waals surface area contributed by atoms with Gasteiger partial charge in [-0.1, -0.05) is 91.0 Å². The quantitative estimate of drug-likeness (QED) is 0.162. The molecule has 47 heavy (non-hydrogen) atoms. The van der Waals surface area contributed by atoms with E-state index in [9.17, 15) is 28.8 Å². The van der Waals surface area contributed by atoms with Gasteiger partial charge in [0.25, 0.3) is 11.8 Å². The number of piperidine rings is 1. The molecule has 254 valence electrons. The Bertz CT molecular complexity index is 1480. The second kappa shape index (κ2) is 13.3. The van der Waals surface area contributed by atoms with Gasteiger partial charge in [-0.15, -0.1) is 0 Å². The number of nitrogens with zero attached hydrogens (tertiary/aromatic N) is 1. The van der Waals surface area contributed by atoms with E-state index in [4.69, 9.17) is 5.73 Å². The average molecular weight is 649 g/mol. The fraction of sp³-hybridized carbons (Fsp3) is 0.543. The smallest absolute Gasteiger partial charge is 0.316 e. The van der Waals surface area contributed by atoms with Crippen LogP contribution in [0.15, 0.2) is 49.1 Å². The van der Waals surface area contributed by atoms with Crippen LogP contribution in [0, 0.1) is 28.6 Å². The zero-order valence-electron chi connectivity index (χ0n) is 28.1. The van der Waals surface area contributed by atoms with Crippen LogP contribution in [-0.2, 0) is 24.0 Å². The minimum atomic E-state index is -1.13. The zero-order chi connectivity index (χ0) is 35.0. The van der Waals surface area contributed by atoms with Crippen LogP contribution in [0.3, 0.4) is 0 Å². The second-order valence-corrected chi connectivity index (χ2v) is 14.9. The topological polar surface area (TPSA) is 180 Å². The molecule has 0 spiro atoms. The molecule has 1 heterocycles. The third-order valence-electron chi connectivity index (χ3n) is 9.72. The molecule has 2 aliphatic carbocycles. The number of benzene rings is 1. The molecule has 6 amide bonds. The molecule has 4 rings (SSSR count). The summed E-state index contributed by atoms with van der Waals surface area (Å²) in [6.07, 6.45) is 2.12. The van der Waals surface area contributed by atoms with Crippen molar-refractivity contribution < 1.29 is 28.8 Å². The number of Topliss-reactive ketones (excluding diaryl/α,β-unsaturated/α-hetero) is 1. The van der Waals surface area contributed by atoms with E-state index in [1.165, 1.54) is 4.90 Å². The van der Waals surface area contributed by atoms with E-state index in [0.717, 1.165) is 12.8 Å². The van der Waals surface area contributed by atoms with Crippen LogP contribution in [0.2, 0.25) is 0 Å². The van der Waals surface area contributed by atoms with Crippen molar-refractivity contribution in [1.29, 1.82) is 0 Å². The number of carbonyl (C=O) groups excluding carboxylic acids is 6. The molecule has 1 unspecified atom stereocenters. The number of nitrogens with two attached hydrogens (primary N) is 1. The van der Waals surface area contributed by atoms with E-state index >= 15 is 0 Å². The van der Waals surface area contributed by atoms with E-state index in [1.807, 2.05) is 32.0 Å². The molecule has 1 aromatic carbocycles. The molecule has 1 saturated heterocycles. The summed E-state index contributed by atoms with van der Waals surface area (Å²) in [6, 6.07) is 4.09. The highest BCUT2D eigenvalue weighted by atomic mass is 16.2. The van der Waals surface area contributed by atoms with E-state index in [2.05, 4.69) is 34.4 Å². The fourth-order valence-electron chi connectivity index (χ4n) is 6.62. The molecule has 6 atom stereocenters. The lowest BCUT2D eigenvalue weighted by atomic mass is 9.85. The Hall–Kier alpha value is -4.48. The predicted molar refractivity (Wildman–Crippen MR) is 177 cm³/mol. The average Bonchev–Trinajstić information content (AvgIpc) is 3.84. The van der Waals surface area contributed by atoms with Crippen molar-refractivity contribution >= 4 is 41.1 Å². The first-order chi connectivity index (χ1) is 21.8. The molecule has 1 aromatic rings. The number of amides is 6. The van der Waals surface area contributed by atoms with Gasteiger partial charge in [-0.3, -0.25) is 24.0 Å². The van der Waals surface area contributed by atoms with Gasteiger partial charge in [-0.25, -0.2) is 4.79 Å². The van der Waals surface area contributed by atoms with E-state index < -0.39 is 65.0 Å². The van der Waals surface area contributed by atoms with Crippen molar-refractivity contribution in [2.24, 2.45) is 34.3 Å². The summed E-state index contributed by atoms with van der Waals surface area (Å²) >= 11 is 0. The lowest BCUT2D eigenvalue weighted by molar-refractivity contribution is -0.145. The fourth-order valence-corrected chi connectivity index (χ4v) is 6.62. The minimum Gasteiger partial charge on any atom is -0.363 e. The lowest BCUT2D eigenvalue weighted by Crippen LogP contribution is -2.62. The maximum atomic E-state index is 14.2. The molecule has 12 nitrogen and oxygen atoms in total. The van der Waals surface area contributed by atoms with E-state index in [-0.39, 0.29) is 23.2 Å². The number of hydrogen-bond donors (Lipinski definition) is 5. The number of likely N-dealkylation sites (tertiary alicyclic amines) is 1. The van der Waals surface area contributed by atoms with Gasteiger partial charge in [0, 0.05) is 12.2 Å². The summed E-state index contributed by atoms with van der Waals surface area (Å²) < 4.78 is 0. The Kier molecular flexibility index (Phi) is 10.0. The van der Waals surface area contributed by atoms with Crippen LogP contribution >= 0.6 is 0 Å². The Morgan fingerprint density at radius 1 is 1.00 bits per heavy atom. The molecule has 6 N–H and O–H groups in total. The predicted octanol–water partition coefficient (Wildman–Crippen LogP) is 2.25. The Morgan fingerprint density at radius 3 is 2.15 bits per heavy atom. The minimum absolute atomic E-state index is 0.0413. The SMILES string of the molecule is C=C(NC(=O)[C@@H](NC(=O)N[C@H](C(=O)N1C[C@H]2[C@@H]([C@H]1C(=O)NC(CC1CC1)C(=O)C(N)=O)C2(C)C)C(C)(C)C)C(=C)C)c1ccccc1. The first-order valence-corrected chi connectivity index (χ1v) is 16.1. The number of rotatable bonds is 13. The van der Waals surface area contributed by atoms with E-state index in [1.54, 1.807) is 39.8 Å². The first-order valence-electron chi connectivity index (χ1n) is 16.1. The molecule has 1 aliphatic heterocycles. The monoisotopic (exact) mass is 648 g/mol. The number of ketones is 1. The summed E-state index contributed by atoms with van der Waals surface area (Å²) in [5.41, 5.74) is 5.69. The standard InChI is InChI=1S/C35H48N6O6/c1-18(2)25(30(44)37-19(3)21-12-10-9-11-13-21)39-33(47)40-28(34(4,5)6)32(46)41-17-22-24(35(22,7)8)26(41)31(45)38-23(16-20-14-15-20)27(42)29(36)43/h9-13,20,22-26,28H,1,3,14-17H2,2,4-8H3,(H2,36,43)(H,37,44)(H,38,45)(H2,39,40,47)/t22-,23?,24-,25-,26-,28+/m0/s1. The second-order valence-electron chi connectivity index (χ2n) is 14.9. The summed E-state index contributed by atoms with van der Waals surface area (Å²) in [6.45, 7) is 19.1. The summed E-state index contributed by atoms with van der Waals surface area (Å²) in [7, 11) is 0. The molecule has 0 radical (unpaired) electrons. The van der Waals surface area contributed by atoms with Crippen molar-refractivity contribution in [3.63, 3.8) is 0 Å². The van der Waals surface area contributed by atoms with Gasteiger partial charge >= 0.3 is 6.03 Å². The van der Waals surface area contributed by atoms with Crippen molar-refractivity contribution in [2.45, 2.75) is 85.0 Å². The number of fused-ring (bicyclic) bond motifs is 1. The molecule has 3 fully saturated rings. The third-order valence-corrected chi connectivity index (χ3v) is 9.72. The van der Waals surface area contributed by atoms with Gasteiger partial charge < -0.3 is 31.9 Å². The van der Waals surface area contributed by atoms with E-state index in [0.29, 0.717) is 29.8 Å². The van der Waals surface area contributed by atoms with Crippen molar-refractivity contribution in [1.82, 2.24) is 26.2 Å². The number of hydrogen-bond acceptors (Lipinski definition) is 6. The van der Waals surface area contributed by atoms with Crippen LogP contribution in [0.1, 0.15) is 66.4 Å². The Morgan fingerprint density at radius 2 is 1.62 bits per heavy atom.